The Labute approximate surface area is 74.2 Å². The lowest BCUT2D eigenvalue weighted by atomic mass is 10.2. The lowest BCUT2D eigenvalue weighted by Gasteiger charge is -1.96. The lowest BCUT2D eigenvalue weighted by Crippen LogP contribution is -2.01. The summed E-state index contributed by atoms with van der Waals surface area (Å²) in [5.74, 6) is 5.59. The molecule has 0 aromatic carbocycles. The highest BCUT2D eigenvalue weighted by molar-refractivity contribution is 5.04. The maximum atomic E-state index is 9.15. The zero-order chi connectivity index (χ0) is 9.23. The second-order valence-electron chi connectivity index (χ2n) is 2.64. The highest BCUT2D eigenvalue weighted by atomic mass is 16.3. The predicted octanol–water partition coefficient (Wildman–Crippen LogP) is 1.84. The second-order valence-corrected chi connectivity index (χ2v) is 2.64. The van der Waals surface area contributed by atoms with Crippen LogP contribution in [0.1, 0.15) is 39.0 Å². The Morgan fingerprint density at radius 3 is 2.75 bits per heavy atom. The van der Waals surface area contributed by atoms with Gasteiger partial charge in [-0.3, -0.25) is 0 Å². The molecule has 0 aromatic heterocycles. The van der Waals surface area contributed by atoms with Crippen LogP contribution < -0.4 is 0 Å². The summed E-state index contributed by atoms with van der Waals surface area (Å²) in [4.78, 5) is 0. The molecule has 0 aliphatic rings. The second kappa shape index (κ2) is 8.11. The van der Waals surface area contributed by atoms with Gasteiger partial charge in [0.25, 0.3) is 0 Å². The minimum absolute atomic E-state index is 0.379. The zero-order valence-corrected chi connectivity index (χ0v) is 7.51. The maximum absolute atomic E-state index is 9.15. The first kappa shape index (κ1) is 11.0. The molecule has 66 valence electrons. The van der Waals surface area contributed by atoms with Gasteiger partial charge in [-0.05, 0) is 12.8 Å². The van der Waals surface area contributed by atoms with Crippen LogP contribution in [0.15, 0.2) is 0 Å². The van der Waals surface area contributed by atoms with Crippen LogP contribution in [0.4, 0.5) is 0 Å². The summed E-state index contributed by atoms with van der Waals surface area (Å²) in [6.07, 6.45) is 3.29. The van der Waals surface area contributed by atoms with Crippen molar-refractivity contribution in [1.82, 2.24) is 0 Å². The SMILES string of the molecule is CCCCC#CC(O)CCC#N. The number of unbranched alkanes of at least 4 members (excludes halogenated alkanes) is 2. The van der Waals surface area contributed by atoms with Gasteiger partial charge < -0.3 is 5.11 Å². The van der Waals surface area contributed by atoms with Crippen LogP contribution in [-0.4, -0.2) is 11.2 Å². The minimum atomic E-state index is -0.610. The molecule has 1 unspecified atom stereocenters. The smallest absolute Gasteiger partial charge is 0.115 e. The van der Waals surface area contributed by atoms with E-state index >= 15 is 0 Å². The van der Waals surface area contributed by atoms with Gasteiger partial charge in [-0.25, -0.2) is 0 Å². The molecule has 0 aromatic rings. The summed E-state index contributed by atoms with van der Waals surface area (Å²) in [7, 11) is 0. The fourth-order valence-electron chi connectivity index (χ4n) is 0.729. The van der Waals surface area contributed by atoms with Crippen molar-refractivity contribution in [2.24, 2.45) is 0 Å². The van der Waals surface area contributed by atoms with Crippen LogP contribution >= 0.6 is 0 Å². The van der Waals surface area contributed by atoms with Crippen LogP contribution in [-0.2, 0) is 0 Å². The molecule has 0 amide bonds. The van der Waals surface area contributed by atoms with E-state index < -0.39 is 6.10 Å². The molecule has 0 spiro atoms. The van der Waals surface area contributed by atoms with Crippen molar-refractivity contribution in [3.8, 4) is 17.9 Å². The van der Waals surface area contributed by atoms with E-state index in [4.69, 9.17) is 10.4 Å². The Balaban J connectivity index is 3.44. The number of hydrogen-bond acceptors (Lipinski definition) is 2. The first-order chi connectivity index (χ1) is 5.81. The fraction of sp³-hybridized carbons (Fsp3) is 0.700. The molecule has 2 nitrogen and oxygen atoms in total. The number of nitriles is 1. The van der Waals surface area contributed by atoms with Crippen molar-refractivity contribution in [2.75, 3.05) is 0 Å². The van der Waals surface area contributed by atoms with E-state index in [0.717, 1.165) is 19.3 Å². The molecule has 0 rings (SSSR count). The van der Waals surface area contributed by atoms with Gasteiger partial charge in [0, 0.05) is 12.8 Å². The van der Waals surface area contributed by atoms with Crippen molar-refractivity contribution in [3.05, 3.63) is 0 Å². The van der Waals surface area contributed by atoms with Gasteiger partial charge in [-0.1, -0.05) is 19.3 Å². The molecule has 0 saturated heterocycles. The molecule has 0 radical (unpaired) electrons. The Morgan fingerprint density at radius 2 is 2.17 bits per heavy atom. The highest BCUT2D eigenvalue weighted by Gasteiger charge is 1.95. The molecule has 0 aliphatic heterocycles. The third kappa shape index (κ3) is 7.12. The molecule has 0 fully saturated rings. The van der Waals surface area contributed by atoms with Crippen LogP contribution in [0.5, 0.6) is 0 Å². The predicted molar refractivity (Wildman–Crippen MR) is 48.2 cm³/mol. The molecular formula is C10H15NO. The van der Waals surface area contributed by atoms with E-state index in [1.807, 2.05) is 6.07 Å². The van der Waals surface area contributed by atoms with Crippen LogP contribution in [0.3, 0.4) is 0 Å². The summed E-state index contributed by atoms with van der Waals surface area (Å²) in [6.45, 7) is 2.10. The van der Waals surface area contributed by atoms with E-state index in [0.29, 0.717) is 12.8 Å². The zero-order valence-electron chi connectivity index (χ0n) is 7.51. The fourth-order valence-corrected chi connectivity index (χ4v) is 0.729. The standard InChI is InChI=1S/C10H15NO/c1-2-3-4-5-7-10(12)8-6-9-11/h10,12H,2-4,6,8H2,1H3. The van der Waals surface area contributed by atoms with Crippen molar-refractivity contribution >= 4 is 0 Å². The number of aliphatic hydroxyl groups is 1. The average Bonchev–Trinajstić information content (AvgIpc) is 2.09. The Morgan fingerprint density at radius 1 is 1.42 bits per heavy atom. The van der Waals surface area contributed by atoms with Crippen LogP contribution in [0, 0.1) is 23.2 Å². The average molecular weight is 165 g/mol. The van der Waals surface area contributed by atoms with Crippen molar-refractivity contribution in [1.29, 1.82) is 5.26 Å². The van der Waals surface area contributed by atoms with E-state index in [-0.39, 0.29) is 0 Å². The number of nitrogens with zero attached hydrogens (tertiary/aromatic N) is 1. The molecule has 1 atom stereocenters. The Hall–Kier alpha value is -0.990. The summed E-state index contributed by atoms with van der Waals surface area (Å²) in [5.41, 5.74) is 0. The Bertz CT molecular complexity index is 194. The molecule has 1 N–H and O–H groups in total. The topological polar surface area (TPSA) is 44.0 Å². The van der Waals surface area contributed by atoms with Crippen molar-refractivity contribution < 1.29 is 5.11 Å². The maximum Gasteiger partial charge on any atom is 0.115 e. The molecule has 0 bridgehead atoms. The van der Waals surface area contributed by atoms with Gasteiger partial charge in [-0.15, -0.1) is 5.92 Å². The van der Waals surface area contributed by atoms with E-state index in [1.165, 1.54) is 0 Å². The van der Waals surface area contributed by atoms with E-state index in [1.54, 1.807) is 0 Å². The summed E-state index contributed by atoms with van der Waals surface area (Å²) < 4.78 is 0. The van der Waals surface area contributed by atoms with E-state index in [9.17, 15) is 0 Å². The largest absolute Gasteiger partial charge is 0.380 e. The summed E-state index contributed by atoms with van der Waals surface area (Å²) in [5, 5.41) is 17.4. The molecule has 2 heteroatoms. The first-order valence-corrected chi connectivity index (χ1v) is 4.34. The van der Waals surface area contributed by atoms with Gasteiger partial charge >= 0.3 is 0 Å². The lowest BCUT2D eigenvalue weighted by molar-refractivity contribution is 0.224. The van der Waals surface area contributed by atoms with E-state index in [2.05, 4.69) is 18.8 Å². The molecular weight excluding hydrogens is 150 g/mol. The first-order valence-electron chi connectivity index (χ1n) is 4.34. The number of rotatable bonds is 4. The third-order valence-corrected chi connectivity index (χ3v) is 1.45. The van der Waals surface area contributed by atoms with Gasteiger partial charge in [0.1, 0.15) is 6.10 Å². The molecule has 12 heavy (non-hydrogen) atoms. The van der Waals surface area contributed by atoms with Crippen molar-refractivity contribution in [2.45, 2.75) is 45.1 Å². The molecule has 0 aliphatic carbocycles. The van der Waals surface area contributed by atoms with Gasteiger partial charge in [0.2, 0.25) is 0 Å². The third-order valence-electron chi connectivity index (χ3n) is 1.45. The van der Waals surface area contributed by atoms with Crippen LogP contribution in [0.25, 0.3) is 0 Å². The molecule has 0 heterocycles. The minimum Gasteiger partial charge on any atom is -0.380 e. The summed E-state index contributed by atoms with van der Waals surface area (Å²) in [6, 6.07) is 1.97. The quantitative estimate of drug-likeness (QED) is 0.510. The number of aliphatic hydroxyl groups excluding tert-OH is 1. The van der Waals surface area contributed by atoms with Gasteiger partial charge in [-0.2, -0.15) is 5.26 Å². The Kier molecular flexibility index (Phi) is 7.44. The normalized spacial score (nSPS) is 11.1. The highest BCUT2D eigenvalue weighted by Crippen LogP contribution is 1.95. The summed E-state index contributed by atoms with van der Waals surface area (Å²) >= 11 is 0. The van der Waals surface area contributed by atoms with Gasteiger partial charge in [0.15, 0.2) is 0 Å². The van der Waals surface area contributed by atoms with Gasteiger partial charge in [0.05, 0.1) is 6.07 Å². The molecule has 0 saturated carbocycles. The monoisotopic (exact) mass is 165 g/mol. The van der Waals surface area contributed by atoms with Crippen LogP contribution in [0.2, 0.25) is 0 Å². The van der Waals surface area contributed by atoms with Crippen molar-refractivity contribution in [3.63, 3.8) is 0 Å². The number of hydrogen-bond donors (Lipinski definition) is 1.